The van der Waals surface area contributed by atoms with E-state index in [0.29, 0.717) is 24.0 Å². The van der Waals surface area contributed by atoms with Gasteiger partial charge in [-0.3, -0.25) is 4.90 Å². The number of nitrogens with zero attached hydrogens (tertiary/aromatic N) is 3. The van der Waals surface area contributed by atoms with Crippen molar-refractivity contribution in [3.8, 4) is 11.5 Å². The van der Waals surface area contributed by atoms with Crippen LogP contribution in [0.25, 0.3) is 11.5 Å². The highest BCUT2D eigenvalue weighted by atomic mass is 35.5. The molecule has 0 aliphatic carbocycles. The highest BCUT2D eigenvalue weighted by molar-refractivity contribution is 7.91. The Labute approximate surface area is 157 Å². The zero-order chi connectivity index (χ0) is 18.0. The van der Waals surface area contributed by atoms with Gasteiger partial charge in [0.25, 0.3) is 4.84 Å². The zero-order valence-corrected chi connectivity index (χ0v) is 16.3. The van der Waals surface area contributed by atoms with Crippen molar-refractivity contribution in [2.45, 2.75) is 32.5 Å². The topological polar surface area (TPSA) is 68.3 Å². The fourth-order valence-electron chi connectivity index (χ4n) is 3.03. The molecule has 6 nitrogen and oxygen atoms in total. The summed E-state index contributed by atoms with van der Waals surface area (Å²) >= 11 is 11.3. The number of hydrogen-bond acceptors (Lipinski definition) is 6. The van der Waals surface area contributed by atoms with Crippen molar-refractivity contribution in [2.24, 2.45) is 0 Å². The van der Waals surface area contributed by atoms with E-state index < -0.39 is 9.84 Å². The van der Waals surface area contributed by atoms with Crippen LogP contribution in [0.2, 0.25) is 5.02 Å². The zero-order valence-electron chi connectivity index (χ0n) is 13.9. The van der Waals surface area contributed by atoms with Gasteiger partial charge in [-0.2, -0.15) is 0 Å². The summed E-state index contributed by atoms with van der Waals surface area (Å²) in [4.78, 5) is 2.38. The molecule has 1 saturated heterocycles. The van der Waals surface area contributed by atoms with Crippen LogP contribution in [0.4, 0.5) is 0 Å². The molecule has 136 valence electrons. The Morgan fingerprint density at radius 1 is 1.48 bits per heavy atom. The molecule has 0 N–H and O–H groups in total. The smallest absolute Gasteiger partial charge is 0.288 e. The third kappa shape index (κ3) is 4.49. The van der Waals surface area contributed by atoms with Gasteiger partial charge in [0.2, 0.25) is 5.89 Å². The molecule has 2 aromatic rings. The Morgan fingerprint density at radius 2 is 2.28 bits per heavy atom. The van der Waals surface area contributed by atoms with Crippen LogP contribution in [0.3, 0.4) is 0 Å². The number of hydrogen-bond donors (Lipinski definition) is 0. The molecule has 1 fully saturated rings. The first kappa shape index (κ1) is 18.6. The van der Waals surface area contributed by atoms with Crippen LogP contribution < -0.4 is 0 Å². The summed E-state index contributed by atoms with van der Waals surface area (Å²) in [5, 5.41) is 5.04. The Bertz CT molecular complexity index is 907. The monoisotopic (exact) mass is 401 g/mol. The Kier molecular flexibility index (Phi) is 5.62. The highest BCUT2D eigenvalue weighted by Gasteiger charge is 2.32. The van der Waals surface area contributed by atoms with Gasteiger partial charge in [0.05, 0.1) is 18.2 Å². The Morgan fingerprint density at radius 3 is 2.92 bits per heavy atom. The van der Waals surface area contributed by atoms with Crippen molar-refractivity contribution < 1.29 is 12.8 Å². The first-order chi connectivity index (χ1) is 11.9. The third-order valence-electron chi connectivity index (χ3n) is 4.23. The summed E-state index contributed by atoms with van der Waals surface area (Å²) in [6, 6.07) is 7.21. The Hall–Kier alpha value is -1.22. The van der Waals surface area contributed by atoms with E-state index in [-0.39, 0.29) is 22.4 Å². The fraction of sp³-hybridized carbons (Fsp3) is 0.500. The average Bonchev–Trinajstić information content (AvgIpc) is 3.10. The first-order valence-corrected chi connectivity index (χ1v) is 10.8. The van der Waals surface area contributed by atoms with Gasteiger partial charge >= 0.3 is 0 Å². The van der Waals surface area contributed by atoms with Crippen LogP contribution in [0.15, 0.2) is 28.7 Å². The molecule has 25 heavy (non-hydrogen) atoms. The second kappa shape index (κ2) is 7.57. The van der Waals surface area contributed by atoms with Crippen LogP contribution in [0.5, 0.6) is 0 Å². The van der Waals surface area contributed by atoms with Gasteiger partial charge in [-0.1, -0.05) is 24.6 Å². The van der Waals surface area contributed by atoms with E-state index in [1.165, 1.54) is 0 Å². The molecule has 1 atom stereocenters. The van der Waals surface area contributed by atoms with Crippen molar-refractivity contribution in [2.75, 3.05) is 18.1 Å². The molecular formula is C16H20ClN3O3S2. The van der Waals surface area contributed by atoms with E-state index in [4.69, 9.17) is 28.2 Å². The molecule has 1 aliphatic rings. The minimum atomic E-state index is -2.94. The number of benzene rings is 1. The summed E-state index contributed by atoms with van der Waals surface area (Å²) in [7, 11) is -2.94. The SMILES string of the molecule is CCCN(Cn1nc(-c2cccc(Cl)c2)oc1=S)C1CCS(=O)(=O)C1. The first-order valence-electron chi connectivity index (χ1n) is 8.16. The van der Waals surface area contributed by atoms with E-state index >= 15 is 0 Å². The van der Waals surface area contributed by atoms with Crippen LogP contribution in [-0.2, 0) is 16.5 Å². The van der Waals surface area contributed by atoms with E-state index in [0.717, 1.165) is 18.5 Å². The lowest BCUT2D eigenvalue weighted by Gasteiger charge is -2.26. The summed E-state index contributed by atoms with van der Waals surface area (Å²) in [5.41, 5.74) is 0.753. The van der Waals surface area contributed by atoms with Crippen LogP contribution in [0.1, 0.15) is 19.8 Å². The minimum absolute atomic E-state index is 0.00169. The number of aromatic nitrogens is 2. The van der Waals surface area contributed by atoms with Gasteiger partial charge in [0, 0.05) is 16.6 Å². The molecule has 9 heteroatoms. The molecule has 0 saturated carbocycles. The van der Waals surface area contributed by atoms with Crippen molar-refractivity contribution in [3.05, 3.63) is 34.1 Å². The molecular weight excluding hydrogens is 382 g/mol. The molecule has 1 aliphatic heterocycles. The van der Waals surface area contributed by atoms with Gasteiger partial charge in [0.1, 0.15) is 0 Å². The molecule has 1 aromatic carbocycles. The number of sulfone groups is 1. The van der Waals surface area contributed by atoms with E-state index in [9.17, 15) is 8.42 Å². The molecule has 0 amide bonds. The van der Waals surface area contributed by atoms with Crippen molar-refractivity contribution in [1.82, 2.24) is 14.7 Å². The van der Waals surface area contributed by atoms with Crippen molar-refractivity contribution in [3.63, 3.8) is 0 Å². The maximum atomic E-state index is 11.8. The van der Waals surface area contributed by atoms with Crippen LogP contribution in [-0.4, -0.2) is 47.2 Å². The van der Waals surface area contributed by atoms with Crippen LogP contribution >= 0.6 is 23.8 Å². The second-order valence-corrected chi connectivity index (χ2v) is 9.21. The lowest BCUT2D eigenvalue weighted by atomic mass is 10.2. The van der Waals surface area contributed by atoms with E-state index in [1.54, 1.807) is 16.8 Å². The number of rotatable bonds is 6. The van der Waals surface area contributed by atoms with Crippen molar-refractivity contribution in [1.29, 1.82) is 0 Å². The molecule has 1 unspecified atom stereocenters. The third-order valence-corrected chi connectivity index (χ3v) is 6.51. The van der Waals surface area contributed by atoms with Gasteiger partial charge in [-0.25, -0.2) is 13.1 Å². The predicted molar refractivity (Wildman–Crippen MR) is 99.8 cm³/mol. The minimum Gasteiger partial charge on any atom is -0.409 e. The van der Waals surface area contributed by atoms with E-state index in [1.807, 2.05) is 12.1 Å². The lowest BCUT2D eigenvalue weighted by molar-refractivity contribution is 0.153. The standard InChI is InChI=1S/C16H20ClN3O3S2/c1-2-7-19(14-6-8-25(21,22)10-14)11-20-16(24)23-15(18-20)12-4-3-5-13(17)9-12/h3-5,9,14H,2,6-8,10-11H2,1H3. The largest absolute Gasteiger partial charge is 0.409 e. The van der Waals surface area contributed by atoms with Gasteiger partial charge in [-0.05, 0) is 49.8 Å². The number of halogens is 1. The Balaban J connectivity index is 1.82. The van der Waals surface area contributed by atoms with E-state index in [2.05, 4.69) is 16.9 Å². The molecule has 1 aromatic heterocycles. The maximum absolute atomic E-state index is 11.8. The van der Waals surface area contributed by atoms with Crippen molar-refractivity contribution >= 4 is 33.7 Å². The summed E-state index contributed by atoms with van der Waals surface area (Å²) in [6.07, 6.45) is 1.57. The highest BCUT2D eigenvalue weighted by Crippen LogP contribution is 2.23. The molecule has 0 bridgehead atoms. The lowest BCUT2D eigenvalue weighted by Crippen LogP contribution is -2.38. The normalized spacial score (nSPS) is 19.6. The maximum Gasteiger partial charge on any atom is 0.288 e. The van der Waals surface area contributed by atoms with Gasteiger partial charge in [0.15, 0.2) is 9.84 Å². The van der Waals surface area contributed by atoms with Gasteiger partial charge < -0.3 is 4.42 Å². The molecule has 0 spiro atoms. The summed E-state index contributed by atoms with van der Waals surface area (Å²) < 4.78 is 30.8. The molecule has 2 heterocycles. The fourth-order valence-corrected chi connectivity index (χ4v) is 5.15. The molecule has 3 rings (SSSR count). The average molecular weight is 402 g/mol. The quantitative estimate of drug-likeness (QED) is 0.691. The van der Waals surface area contributed by atoms with Crippen LogP contribution in [0, 0.1) is 4.84 Å². The summed E-state index contributed by atoms with van der Waals surface area (Å²) in [6.45, 7) is 3.26. The summed E-state index contributed by atoms with van der Waals surface area (Å²) in [5.74, 6) is 0.845. The molecule has 0 radical (unpaired) electrons. The van der Waals surface area contributed by atoms with Gasteiger partial charge in [-0.15, -0.1) is 5.10 Å². The predicted octanol–water partition coefficient (Wildman–Crippen LogP) is 3.38. The second-order valence-electron chi connectivity index (χ2n) is 6.19.